The van der Waals surface area contributed by atoms with E-state index in [0.29, 0.717) is 23.7 Å². The highest BCUT2D eigenvalue weighted by Crippen LogP contribution is 2.35. The zero-order valence-electron chi connectivity index (χ0n) is 15.0. The highest BCUT2D eigenvalue weighted by atomic mass is 32.2. The minimum atomic E-state index is -4.21. The predicted octanol–water partition coefficient (Wildman–Crippen LogP) is 3.60. The molecule has 3 heterocycles. The second-order valence-corrected chi connectivity index (χ2v) is 8.02. The fourth-order valence-electron chi connectivity index (χ4n) is 2.45. The van der Waals surface area contributed by atoms with E-state index in [4.69, 9.17) is 18.8 Å². The fourth-order valence-corrected chi connectivity index (χ4v) is 3.82. The van der Waals surface area contributed by atoms with Gasteiger partial charge in [-0.05, 0) is 42.8 Å². The molecule has 0 saturated carbocycles. The zero-order chi connectivity index (χ0) is 20.0. The average molecular weight is 421 g/mol. The Kier molecular flexibility index (Phi) is 6.50. The van der Waals surface area contributed by atoms with Crippen molar-refractivity contribution in [3.63, 3.8) is 0 Å². The zero-order valence-corrected chi connectivity index (χ0v) is 16.7. The largest absolute Gasteiger partial charge is 0.490 e. The summed E-state index contributed by atoms with van der Waals surface area (Å²) in [4.78, 5) is 3.66. The number of aromatic nitrogens is 1. The molecule has 1 unspecified atom stereocenters. The van der Waals surface area contributed by atoms with Gasteiger partial charge in [-0.1, -0.05) is 6.07 Å². The molecule has 0 aliphatic carbocycles. The summed E-state index contributed by atoms with van der Waals surface area (Å²) in [6, 6.07) is 10.1. The van der Waals surface area contributed by atoms with Gasteiger partial charge in [-0.3, -0.25) is 9.54 Å². The van der Waals surface area contributed by atoms with Gasteiger partial charge >= 0.3 is 0 Å². The molecule has 0 spiro atoms. The van der Waals surface area contributed by atoms with Gasteiger partial charge in [-0.2, -0.15) is 8.42 Å². The third-order valence-corrected chi connectivity index (χ3v) is 5.45. The maximum Gasteiger partial charge on any atom is 0.294 e. The summed E-state index contributed by atoms with van der Waals surface area (Å²) < 4.78 is 48.2. The number of hydrogen-bond donors (Lipinski definition) is 1. The first-order chi connectivity index (χ1) is 13.4. The van der Waals surface area contributed by atoms with Crippen LogP contribution in [-0.2, 0) is 10.1 Å². The van der Waals surface area contributed by atoms with E-state index in [1.807, 2.05) is 29.0 Å². The Balaban J connectivity index is 0.000000320. The Morgan fingerprint density at radius 1 is 1.21 bits per heavy atom. The van der Waals surface area contributed by atoms with Gasteiger partial charge in [0, 0.05) is 23.2 Å². The maximum absolute atomic E-state index is 11.1. The van der Waals surface area contributed by atoms with Gasteiger partial charge in [0.15, 0.2) is 17.6 Å². The Morgan fingerprint density at radius 2 is 1.96 bits per heavy atom. The van der Waals surface area contributed by atoms with Crippen LogP contribution in [0.3, 0.4) is 0 Å². The minimum absolute atomic E-state index is 0.125. The van der Waals surface area contributed by atoms with E-state index in [2.05, 4.69) is 4.98 Å². The van der Waals surface area contributed by atoms with E-state index < -0.39 is 10.1 Å². The van der Waals surface area contributed by atoms with Gasteiger partial charge in [0.05, 0.1) is 4.90 Å². The summed E-state index contributed by atoms with van der Waals surface area (Å²) in [6.45, 7) is 2.26. The highest BCUT2D eigenvalue weighted by Gasteiger charge is 2.22. The molecule has 28 heavy (non-hydrogen) atoms. The molecule has 0 amide bonds. The van der Waals surface area contributed by atoms with Gasteiger partial charge < -0.3 is 14.2 Å². The van der Waals surface area contributed by atoms with Crippen LogP contribution in [0, 0.1) is 6.92 Å². The van der Waals surface area contributed by atoms with Crippen molar-refractivity contribution < 1.29 is 27.2 Å². The number of nitrogens with zero attached hydrogens (tertiary/aromatic N) is 1. The minimum Gasteiger partial charge on any atom is -0.490 e. The Bertz CT molecular complexity index is 978. The summed E-state index contributed by atoms with van der Waals surface area (Å²) in [5.41, 5.74) is 0.418. The van der Waals surface area contributed by atoms with Crippen molar-refractivity contribution in [3.05, 3.63) is 65.1 Å². The van der Waals surface area contributed by atoms with Crippen LogP contribution in [-0.4, -0.2) is 37.3 Å². The molecule has 7 nitrogen and oxygen atoms in total. The van der Waals surface area contributed by atoms with Crippen LogP contribution in [0.2, 0.25) is 0 Å². The topological polar surface area (TPSA) is 95.0 Å². The van der Waals surface area contributed by atoms with Crippen LogP contribution in [0.5, 0.6) is 17.2 Å². The third kappa shape index (κ3) is 5.44. The molecule has 1 N–H and O–H groups in total. The molecule has 3 aromatic rings. The molecule has 0 saturated heterocycles. The van der Waals surface area contributed by atoms with Gasteiger partial charge in [-0.15, -0.1) is 11.3 Å². The second-order valence-electron chi connectivity index (χ2n) is 5.89. The number of ether oxygens (including phenoxy) is 3. The number of rotatable bonds is 4. The molecular weight excluding hydrogens is 402 g/mol. The van der Waals surface area contributed by atoms with Crippen molar-refractivity contribution >= 4 is 21.5 Å². The lowest BCUT2D eigenvalue weighted by Gasteiger charge is -2.24. The number of benzene rings is 1. The third-order valence-electron chi connectivity index (χ3n) is 3.74. The normalized spacial score (nSPS) is 15.3. The first kappa shape index (κ1) is 20.1. The standard InChI is InChI=1S/C14H14O6S2.C5H5N/c1-9-4-10(2-3-14(9)22(15,16)17)18-5-11-6-19-12-7-21-8-13(12)20-11;1-2-4-6-5-3-1/h2-4,7-8,11H,5-6H2,1H3,(H,15,16,17);1-5H. The summed E-state index contributed by atoms with van der Waals surface area (Å²) >= 11 is 1.51. The van der Waals surface area contributed by atoms with Crippen LogP contribution < -0.4 is 14.2 Å². The molecule has 0 fully saturated rings. The van der Waals surface area contributed by atoms with Crippen molar-refractivity contribution in [3.8, 4) is 17.2 Å². The average Bonchev–Trinajstić information content (AvgIpc) is 3.15. The van der Waals surface area contributed by atoms with E-state index in [1.54, 1.807) is 25.4 Å². The molecule has 0 bridgehead atoms. The monoisotopic (exact) mass is 421 g/mol. The van der Waals surface area contributed by atoms with Crippen LogP contribution in [0.1, 0.15) is 5.56 Å². The maximum atomic E-state index is 11.1. The molecule has 1 aliphatic rings. The van der Waals surface area contributed by atoms with E-state index in [9.17, 15) is 8.42 Å². The van der Waals surface area contributed by atoms with Crippen molar-refractivity contribution in [2.45, 2.75) is 17.9 Å². The summed E-state index contributed by atoms with van der Waals surface area (Å²) in [5, 5.41) is 3.75. The van der Waals surface area contributed by atoms with Crippen molar-refractivity contribution in [2.75, 3.05) is 13.2 Å². The molecule has 1 aliphatic heterocycles. The van der Waals surface area contributed by atoms with Gasteiger partial charge in [0.25, 0.3) is 10.1 Å². The number of aryl methyl sites for hydroxylation is 1. The highest BCUT2D eigenvalue weighted by molar-refractivity contribution is 7.85. The Hall–Kier alpha value is -2.62. The number of thiophene rings is 1. The van der Waals surface area contributed by atoms with Gasteiger partial charge in [0.2, 0.25) is 0 Å². The molecular formula is C19H19NO6S2. The lowest BCUT2D eigenvalue weighted by Crippen LogP contribution is -2.34. The fraction of sp³-hybridized carbons (Fsp3) is 0.211. The van der Waals surface area contributed by atoms with Gasteiger partial charge in [0.1, 0.15) is 19.0 Å². The van der Waals surface area contributed by atoms with Gasteiger partial charge in [-0.25, -0.2) is 0 Å². The summed E-state index contributed by atoms with van der Waals surface area (Å²) in [7, 11) is -4.21. The van der Waals surface area contributed by atoms with E-state index >= 15 is 0 Å². The summed E-state index contributed by atoms with van der Waals surface area (Å²) in [5.74, 6) is 1.96. The predicted molar refractivity (Wildman–Crippen MR) is 105 cm³/mol. The first-order valence-electron chi connectivity index (χ1n) is 8.35. The van der Waals surface area contributed by atoms with Crippen LogP contribution >= 0.6 is 11.3 Å². The number of pyridine rings is 1. The SMILES string of the molecule is Cc1cc(OCC2COc3cscc3O2)ccc1S(=O)(=O)O.c1ccncc1. The number of hydrogen-bond acceptors (Lipinski definition) is 7. The lowest BCUT2D eigenvalue weighted by molar-refractivity contribution is 0.0546. The molecule has 0 radical (unpaired) electrons. The van der Waals surface area contributed by atoms with E-state index in [1.165, 1.54) is 23.5 Å². The van der Waals surface area contributed by atoms with Crippen LogP contribution in [0.15, 0.2) is 64.4 Å². The summed E-state index contributed by atoms with van der Waals surface area (Å²) in [6.07, 6.45) is 3.27. The van der Waals surface area contributed by atoms with E-state index in [-0.39, 0.29) is 17.6 Å². The molecule has 148 valence electrons. The molecule has 4 rings (SSSR count). The molecule has 1 atom stereocenters. The van der Waals surface area contributed by atoms with E-state index in [0.717, 1.165) is 5.75 Å². The Morgan fingerprint density at radius 3 is 2.57 bits per heavy atom. The lowest BCUT2D eigenvalue weighted by atomic mass is 10.2. The Labute approximate surface area is 167 Å². The molecule has 1 aromatic carbocycles. The number of fused-ring (bicyclic) bond motifs is 1. The molecule has 2 aromatic heterocycles. The first-order valence-corrected chi connectivity index (χ1v) is 10.7. The van der Waals surface area contributed by atoms with Crippen molar-refractivity contribution in [1.82, 2.24) is 4.98 Å². The molecule has 9 heteroatoms. The second kappa shape index (κ2) is 9.05. The van der Waals surface area contributed by atoms with Crippen molar-refractivity contribution in [2.24, 2.45) is 0 Å². The quantitative estimate of drug-likeness (QED) is 0.643. The smallest absolute Gasteiger partial charge is 0.294 e. The van der Waals surface area contributed by atoms with Crippen molar-refractivity contribution in [1.29, 1.82) is 0 Å². The van der Waals surface area contributed by atoms with Crippen LogP contribution in [0.4, 0.5) is 0 Å². The van der Waals surface area contributed by atoms with Crippen LogP contribution in [0.25, 0.3) is 0 Å².